The normalized spacial score (nSPS) is 10.1. The third-order valence-corrected chi connectivity index (χ3v) is 2.52. The monoisotopic (exact) mass is 263 g/mol. The maximum Gasteiger partial charge on any atom is 0.171 e. The van der Waals surface area contributed by atoms with E-state index in [1.165, 1.54) is 0 Å². The molecule has 0 saturated heterocycles. The van der Waals surface area contributed by atoms with Crippen molar-refractivity contribution in [2.75, 3.05) is 11.9 Å². The molecule has 0 saturated carbocycles. The maximum absolute atomic E-state index is 5.91. The molecule has 2 rings (SSSR count). The van der Waals surface area contributed by atoms with Gasteiger partial charge < -0.3 is 10.1 Å². The standard InChI is InChI=1S/C13H14ClN3O/c1-2-9-18-11-5-3-10(4-6-11)17-13-12(14)15-7-8-16-13/h3-8H,2,9H2,1H3,(H,16,17). The first kappa shape index (κ1) is 12.6. The van der Waals surface area contributed by atoms with Crippen LogP contribution in [-0.4, -0.2) is 16.6 Å². The number of anilines is 2. The molecule has 0 spiro atoms. The molecule has 0 radical (unpaired) electrons. The number of rotatable bonds is 5. The van der Waals surface area contributed by atoms with Crippen LogP contribution in [0.1, 0.15) is 13.3 Å². The van der Waals surface area contributed by atoms with Gasteiger partial charge in [0.1, 0.15) is 5.75 Å². The molecule has 0 amide bonds. The Hall–Kier alpha value is -1.81. The van der Waals surface area contributed by atoms with Crippen LogP contribution in [-0.2, 0) is 0 Å². The van der Waals surface area contributed by atoms with E-state index in [4.69, 9.17) is 16.3 Å². The topological polar surface area (TPSA) is 47.0 Å². The van der Waals surface area contributed by atoms with Crippen LogP contribution in [0.15, 0.2) is 36.7 Å². The average Bonchev–Trinajstić information content (AvgIpc) is 2.41. The van der Waals surface area contributed by atoms with Gasteiger partial charge in [0.05, 0.1) is 6.61 Å². The van der Waals surface area contributed by atoms with E-state index >= 15 is 0 Å². The zero-order valence-corrected chi connectivity index (χ0v) is 10.8. The molecule has 94 valence electrons. The lowest BCUT2D eigenvalue weighted by atomic mass is 10.3. The Morgan fingerprint density at radius 2 is 1.89 bits per heavy atom. The minimum Gasteiger partial charge on any atom is -0.494 e. The molecule has 0 fully saturated rings. The van der Waals surface area contributed by atoms with Gasteiger partial charge in [-0.2, -0.15) is 0 Å². The van der Waals surface area contributed by atoms with Gasteiger partial charge in [0.15, 0.2) is 11.0 Å². The number of hydrogen-bond donors (Lipinski definition) is 1. The number of hydrogen-bond acceptors (Lipinski definition) is 4. The van der Waals surface area contributed by atoms with E-state index in [2.05, 4.69) is 22.2 Å². The van der Waals surface area contributed by atoms with Gasteiger partial charge in [-0.1, -0.05) is 18.5 Å². The van der Waals surface area contributed by atoms with Gasteiger partial charge in [0.25, 0.3) is 0 Å². The average molecular weight is 264 g/mol. The number of nitrogens with one attached hydrogen (secondary N) is 1. The Morgan fingerprint density at radius 3 is 2.56 bits per heavy atom. The zero-order valence-electron chi connectivity index (χ0n) is 10.1. The summed E-state index contributed by atoms with van der Waals surface area (Å²) in [6.45, 7) is 2.80. The summed E-state index contributed by atoms with van der Waals surface area (Å²) in [4.78, 5) is 8.06. The molecule has 0 aliphatic rings. The van der Waals surface area contributed by atoms with Crippen LogP contribution in [0.2, 0.25) is 5.15 Å². The first-order valence-corrected chi connectivity index (χ1v) is 6.14. The van der Waals surface area contributed by atoms with E-state index in [1.807, 2.05) is 24.3 Å². The van der Waals surface area contributed by atoms with Crippen molar-refractivity contribution in [3.63, 3.8) is 0 Å². The number of benzene rings is 1. The number of halogens is 1. The third-order valence-electron chi connectivity index (χ3n) is 2.24. The molecular weight excluding hydrogens is 250 g/mol. The van der Waals surface area contributed by atoms with Gasteiger partial charge in [0.2, 0.25) is 0 Å². The predicted octanol–water partition coefficient (Wildman–Crippen LogP) is 3.66. The largest absolute Gasteiger partial charge is 0.494 e. The van der Waals surface area contributed by atoms with Gasteiger partial charge in [0, 0.05) is 18.1 Å². The fourth-order valence-corrected chi connectivity index (χ4v) is 1.55. The smallest absolute Gasteiger partial charge is 0.171 e. The molecule has 0 aliphatic heterocycles. The minimum absolute atomic E-state index is 0.351. The Morgan fingerprint density at radius 1 is 1.17 bits per heavy atom. The Kier molecular flexibility index (Phi) is 4.36. The molecule has 1 N–H and O–H groups in total. The van der Waals surface area contributed by atoms with Crippen LogP contribution >= 0.6 is 11.6 Å². The Bertz CT molecular complexity index is 502. The van der Waals surface area contributed by atoms with E-state index in [-0.39, 0.29) is 0 Å². The third kappa shape index (κ3) is 3.34. The molecule has 0 unspecified atom stereocenters. The molecular formula is C13H14ClN3O. The van der Waals surface area contributed by atoms with Crippen LogP contribution in [0.4, 0.5) is 11.5 Å². The van der Waals surface area contributed by atoms with Gasteiger partial charge in [-0.05, 0) is 30.7 Å². The highest BCUT2D eigenvalue weighted by atomic mass is 35.5. The predicted molar refractivity (Wildman–Crippen MR) is 72.6 cm³/mol. The van der Waals surface area contributed by atoms with Crippen molar-refractivity contribution in [3.8, 4) is 5.75 Å². The summed E-state index contributed by atoms with van der Waals surface area (Å²) in [5.41, 5.74) is 0.890. The Labute approximate surface area is 111 Å². The lowest BCUT2D eigenvalue weighted by molar-refractivity contribution is 0.317. The van der Waals surface area contributed by atoms with Gasteiger partial charge in [-0.15, -0.1) is 0 Å². The summed E-state index contributed by atoms with van der Waals surface area (Å²) >= 11 is 5.91. The second-order valence-corrected chi connectivity index (χ2v) is 4.05. The number of ether oxygens (including phenoxy) is 1. The summed E-state index contributed by atoms with van der Waals surface area (Å²) in [5, 5.41) is 3.45. The highest BCUT2D eigenvalue weighted by Gasteiger charge is 2.02. The lowest BCUT2D eigenvalue weighted by Crippen LogP contribution is -1.97. The summed E-state index contributed by atoms with van der Waals surface area (Å²) in [6, 6.07) is 7.64. The fourth-order valence-electron chi connectivity index (χ4n) is 1.40. The van der Waals surface area contributed by atoms with Crippen LogP contribution in [0.5, 0.6) is 5.75 Å². The van der Waals surface area contributed by atoms with Crippen molar-refractivity contribution in [3.05, 3.63) is 41.8 Å². The molecule has 18 heavy (non-hydrogen) atoms. The van der Waals surface area contributed by atoms with Crippen LogP contribution in [0.3, 0.4) is 0 Å². The number of nitrogens with zero attached hydrogens (tertiary/aromatic N) is 2. The van der Waals surface area contributed by atoms with E-state index < -0.39 is 0 Å². The molecule has 4 nitrogen and oxygen atoms in total. The summed E-state index contributed by atoms with van der Waals surface area (Å²) in [7, 11) is 0. The first-order chi connectivity index (χ1) is 8.79. The van der Waals surface area contributed by atoms with Crippen LogP contribution < -0.4 is 10.1 Å². The van der Waals surface area contributed by atoms with E-state index in [1.54, 1.807) is 12.4 Å². The Balaban J connectivity index is 2.04. The molecule has 0 bridgehead atoms. The minimum atomic E-state index is 0.351. The van der Waals surface area contributed by atoms with Crippen LogP contribution in [0.25, 0.3) is 0 Å². The van der Waals surface area contributed by atoms with Crippen molar-refractivity contribution in [2.24, 2.45) is 0 Å². The molecule has 0 aliphatic carbocycles. The molecule has 1 heterocycles. The highest BCUT2D eigenvalue weighted by Crippen LogP contribution is 2.22. The van der Waals surface area contributed by atoms with Crippen molar-refractivity contribution >= 4 is 23.1 Å². The molecule has 2 aromatic rings. The van der Waals surface area contributed by atoms with Crippen molar-refractivity contribution in [1.29, 1.82) is 0 Å². The number of aromatic nitrogens is 2. The van der Waals surface area contributed by atoms with Crippen molar-refractivity contribution in [1.82, 2.24) is 9.97 Å². The van der Waals surface area contributed by atoms with E-state index in [0.717, 1.165) is 24.5 Å². The van der Waals surface area contributed by atoms with Crippen molar-refractivity contribution in [2.45, 2.75) is 13.3 Å². The lowest BCUT2D eigenvalue weighted by Gasteiger charge is -2.08. The van der Waals surface area contributed by atoms with Gasteiger partial charge in [-0.25, -0.2) is 9.97 Å². The van der Waals surface area contributed by atoms with Crippen molar-refractivity contribution < 1.29 is 4.74 Å². The van der Waals surface area contributed by atoms with E-state index in [9.17, 15) is 0 Å². The molecule has 1 aromatic carbocycles. The fraction of sp³-hybridized carbons (Fsp3) is 0.231. The highest BCUT2D eigenvalue weighted by molar-refractivity contribution is 6.31. The first-order valence-electron chi connectivity index (χ1n) is 5.76. The molecule has 0 atom stereocenters. The maximum atomic E-state index is 5.91. The summed E-state index contributed by atoms with van der Waals surface area (Å²) in [5.74, 6) is 1.40. The summed E-state index contributed by atoms with van der Waals surface area (Å²) in [6.07, 6.45) is 4.14. The van der Waals surface area contributed by atoms with E-state index in [0.29, 0.717) is 11.0 Å². The quantitative estimate of drug-likeness (QED) is 0.894. The van der Waals surface area contributed by atoms with Crippen LogP contribution in [0, 0.1) is 0 Å². The SMILES string of the molecule is CCCOc1ccc(Nc2nccnc2Cl)cc1. The summed E-state index contributed by atoms with van der Waals surface area (Å²) < 4.78 is 5.50. The van der Waals surface area contributed by atoms with Gasteiger partial charge in [-0.3, -0.25) is 0 Å². The second-order valence-electron chi connectivity index (χ2n) is 3.69. The zero-order chi connectivity index (χ0) is 12.8. The second kappa shape index (κ2) is 6.21. The molecule has 5 heteroatoms. The molecule has 1 aromatic heterocycles. The van der Waals surface area contributed by atoms with Gasteiger partial charge >= 0.3 is 0 Å².